The molecule has 0 bridgehead atoms. The summed E-state index contributed by atoms with van der Waals surface area (Å²) in [7, 11) is 0. The largest absolute Gasteiger partial charge is 4.00 e. The van der Waals surface area contributed by atoms with Gasteiger partial charge in [-0.1, -0.05) is 70.8 Å². The van der Waals surface area contributed by atoms with Crippen molar-refractivity contribution in [1.82, 2.24) is 0 Å². The number of benzene rings is 4. The normalized spacial score (nSPS) is 10.5. The molecule has 0 saturated heterocycles. The number of fused-ring (bicyclic) bond motifs is 6. The van der Waals surface area contributed by atoms with Crippen LogP contribution in [0, 0.1) is 27.0 Å². The average Bonchev–Trinajstić information content (AvgIpc) is 3.34. The summed E-state index contributed by atoms with van der Waals surface area (Å²) in [4.78, 5) is 0. The molecule has 0 amide bonds. The first-order valence-electron chi connectivity index (χ1n) is 9.56. The Morgan fingerprint density at radius 2 is 0.871 bits per heavy atom. The zero-order valence-corrected chi connectivity index (χ0v) is 20.9. The Balaban J connectivity index is 0.000000264. The summed E-state index contributed by atoms with van der Waals surface area (Å²) in [6, 6.07) is 36.2. The predicted molar refractivity (Wildman–Crippen MR) is 131 cm³/mol. The van der Waals surface area contributed by atoms with Crippen molar-refractivity contribution in [3.05, 3.63) is 147 Å². The van der Waals surface area contributed by atoms with Crippen molar-refractivity contribution < 1.29 is 26.2 Å². The minimum absolute atomic E-state index is 0. The summed E-state index contributed by atoms with van der Waals surface area (Å²) in [6.07, 6.45) is 2.10. The third kappa shape index (κ3) is 5.41. The van der Waals surface area contributed by atoms with E-state index in [4.69, 9.17) is 0 Å². The van der Waals surface area contributed by atoms with E-state index >= 15 is 0 Å². The van der Waals surface area contributed by atoms with Crippen LogP contribution >= 0.6 is 0 Å². The fourth-order valence-corrected chi connectivity index (χ4v) is 4.00. The second-order valence-electron chi connectivity index (χ2n) is 6.79. The molecule has 4 aromatic carbocycles. The van der Waals surface area contributed by atoms with Gasteiger partial charge in [0.2, 0.25) is 0 Å². The second-order valence-corrected chi connectivity index (χ2v) is 6.79. The third-order valence-corrected chi connectivity index (χ3v) is 5.23. The van der Waals surface area contributed by atoms with Crippen LogP contribution in [0.2, 0.25) is 0 Å². The van der Waals surface area contributed by atoms with Crippen molar-refractivity contribution in [3.63, 3.8) is 0 Å². The van der Waals surface area contributed by atoms with Gasteiger partial charge in [-0.15, -0.1) is 24.3 Å². The molecular formula is C30H28Zr. The molecule has 31 heavy (non-hydrogen) atoms. The Labute approximate surface area is 207 Å². The first kappa shape index (κ1) is 26.5. The van der Waals surface area contributed by atoms with Gasteiger partial charge >= 0.3 is 26.2 Å². The van der Waals surface area contributed by atoms with E-state index in [1.807, 2.05) is 12.1 Å². The Hall–Kier alpha value is -2.50. The van der Waals surface area contributed by atoms with Gasteiger partial charge in [0.25, 0.3) is 0 Å². The van der Waals surface area contributed by atoms with Gasteiger partial charge in [0, 0.05) is 0 Å². The van der Waals surface area contributed by atoms with Crippen molar-refractivity contribution in [2.75, 3.05) is 0 Å². The van der Waals surface area contributed by atoms with E-state index in [0.29, 0.717) is 0 Å². The molecule has 0 spiro atoms. The number of rotatable bonds is 0. The van der Waals surface area contributed by atoms with E-state index in [0.717, 1.165) is 12.8 Å². The number of hydrogen-bond acceptors (Lipinski definition) is 0. The summed E-state index contributed by atoms with van der Waals surface area (Å²) in [5.74, 6) is 0. The Bertz CT molecular complexity index is 934. The van der Waals surface area contributed by atoms with Crippen molar-refractivity contribution >= 4 is 0 Å². The van der Waals surface area contributed by atoms with Crippen LogP contribution in [-0.2, 0) is 39.0 Å². The fraction of sp³-hybridized carbons (Fsp3) is 0.0667. The summed E-state index contributed by atoms with van der Waals surface area (Å²) in [6.45, 7) is 6.00. The van der Waals surface area contributed by atoms with Crippen LogP contribution in [0.3, 0.4) is 0 Å². The number of hydrogen-bond donors (Lipinski definition) is 0. The molecule has 0 heterocycles. The van der Waals surface area contributed by atoms with Gasteiger partial charge in [0.1, 0.15) is 0 Å². The van der Waals surface area contributed by atoms with E-state index in [1.54, 1.807) is 0 Å². The standard InChI is InChI=1S/2C13H9.C2H4.2CH3.Zr/c2*1-3-7-12-10(5-1)9-11-6-2-4-8-13(11)12;1-2;;;/h2*1-5,7-8H,9H2;1-2H2;2*1H3;/q2*-1;;2*-1;+4. The monoisotopic (exact) mass is 478 g/mol. The van der Waals surface area contributed by atoms with Crippen molar-refractivity contribution in [2.24, 2.45) is 0 Å². The Morgan fingerprint density at radius 3 is 1.29 bits per heavy atom. The molecular weight excluding hydrogens is 452 g/mol. The molecule has 0 aromatic heterocycles. The van der Waals surface area contributed by atoms with Gasteiger partial charge < -0.3 is 14.9 Å². The molecule has 0 atom stereocenters. The van der Waals surface area contributed by atoms with E-state index in [2.05, 4.69) is 98.1 Å². The van der Waals surface area contributed by atoms with Gasteiger partial charge in [-0.25, -0.2) is 0 Å². The van der Waals surface area contributed by atoms with Crippen LogP contribution in [0.5, 0.6) is 0 Å². The van der Waals surface area contributed by atoms with E-state index in [1.165, 1.54) is 44.5 Å². The van der Waals surface area contributed by atoms with Crippen LogP contribution in [0.15, 0.2) is 98.1 Å². The van der Waals surface area contributed by atoms with E-state index < -0.39 is 0 Å². The quantitative estimate of drug-likeness (QED) is 0.154. The Morgan fingerprint density at radius 1 is 0.516 bits per heavy atom. The minimum atomic E-state index is 0. The van der Waals surface area contributed by atoms with Crippen molar-refractivity contribution in [1.29, 1.82) is 0 Å². The van der Waals surface area contributed by atoms with Gasteiger partial charge in [-0.2, -0.15) is 59.7 Å². The zero-order chi connectivity index (χ0) is 19.3. The third-order valence-electron chi connectivity index (χ3n) is 5.23. The molecule has 2 aliphatic carbocycles. The van der Waals surface area contributed by atoms with Gasteiger partial charge in [-0.05, 0) is 12.8 Å². The smallest absolute Gasteiger partial charge is 0.358 e. The zero-order valence-electron chi connectivity index (χ0n) is 18.4. The molecule has 0 nitrogen and oxygen atoms in total. The summed E-state index contributed by atoms with van der Waals surface area (Å²) >= 11 is 0. The SMILES string of the molecule is C=C.[CH3-].[CH3-].[Zr+4].[c-]1cccc2c1Cc1ccccc1-2.[c-]1cccc2c1Cc1ccccc1-2. The topological polar surface area (TPSA) is 0 Å². The molecule has 4 aromatic rings. The Kier molecular flexibility index (Phi) is 10.6. The summed E-state index contributed by atoms with van der Waals surface area (Å²) < 4.78 is 0. The molecule has 0 saturated carbocycles. The van der Waals surface area contributed by atoms with Gasteiger partial charge in [0.15, 0.2) is 0 Å². The molecule has 0 unspecified atom stereocenters. The average molecular weight is 480 g/mol. The molecule has 0 radical (unpaired) electrons. The second kappa shape index (κ2) is 12.4. The maximum atomic E-state index is 3.30. The van der Waals surface area contributed by atoms with Gasteiger partial charge in [0.05, 0.1) is 0 Å². The molecule has 0 aliphatic heterocycles. The molecule has 6 rings (SSSR count). The van der Waals surface area contributed by atoms with Crippen LogP contribution in [0.1, 0.15) is 22.3 Å². The summed E-state index contributed by atoms with van der Waals surface area (Å²) in [5.41, 5.74) is 11.0. The fourth-order valence-electron chi connectivity index (χ4n) is 4.00. The molecule has 2 aliphatic rings. The maximum absolute atomic E-state index is 3.30. The minimum Gasteiger partial charge on any atom is -0.358 e. The van der Waals surface area contributed by atoms with Crippen molar-refractivity contribution in [2.45, 2.75) is 12.8 Å². The van der Waals surface area contributed by atoms with Gasteiger partial charge in [-0.3, -0.25) is 0 Å². The van der Waals surface area contributed by atoms with E-state index in [9.17, 15) is 0 Å². The van der Waals surface area contributed by atoms with Crippen LogP contribution in [0.4, 0.5) is 0 Å². The van der Waals surface area contributed by atoms with Crippen LogP contribution < -0.4 is 0 Å². The van der Waals surface area contributed by atoms with Crippen LogP contribution in [0.25, 0.3) is 22.3 Å². The molecule has 0 fully saturated rings. The van der Waals surface area contributed by atoms with E-state index in [-0.39, 0.29) is 41.1 Å². The molecule has 0 N–H and O–H groups in total. The summed E-state index contributed by atoms with van der Waals surface area (Å²) in [5, 5.41) is 0. The maximum Gasteiger partial charge on any atom is 4.00 e. The predicted octanol–water partition coefficient (Wildman–Crippen LogP) is 7.82. The first-order chi connectivity index (χ1) is 13.9. The molecule has 152 valence electrons. The van der Waals surface area contributed by atoms with Crippen molar-refractivity contribution in [3.8, 4) is 22.3 Å². The first-order valence-corrected chi connectivity index (χ1v) is 9.56. The van der Waals surface area contributed by atoms with Crippen LogP contribution in [-0.4, -0.2) is 0 Å². The molecule has 1 heteroatoms.